The van der Waals surface area contributed by atoms with Crippen LogP contribution in [0.25, 0.3) is 0 Å². The predicted molar refractivity (Wildman–Crippen MR) is 74.9 cm³/mol. The quantitative estimate of drug-likeness (QED) is 0.644. The van der Waals surface area contributed by atoms with E-state index in [1.54, 1.807) is 30.6 Å². The van der Waals surface area contributed by atoms with Crippen LogP contribution >= 0.6 is 0 Å². The second-order valence-corrected chi connectivity index (χ2v) is 3.94. The number of pyridine rings is 1. The maximum atomic E-state index is 12.7. The summed E-state index contributed by atoms with van der Waals surface area (Å²) < 4.78 is 12.7. The average Bonchev–Trinajstić information content (AvgIpc) is 2.48. The number of anilines is 1. The van der Waals surface area contributed by atoms with Gasteiger partial charge in [0, 0.05) is 23.6 Å². The second-order valence-electron chi connectivity index (χ2n) is 3.94. The number of benzene rings is 1. The van der Waals surface area contributed by atoms with Gasteiger partial charge < -0.3 is 5.32 Å². The van der Waals surface area contributed by atoms with Crippen LogP contribution in [0.1, 0.15) is 5.56 Å². The summed E-state index contributed by atoms with van der Waals surface area (Å²) in [7, 11) is 0. The molecule has 0 saturated heterocycles. The highest BCUT2D eigenvalue weighted by atomic mass is 19.1. The van der Waals surface area contributed by atoms with Gasteiger partial charge in [0.05, 0.1) is 12.8 Å². The van der Waals surface area contributed by atoms with Crippen LogP contribution in [0.15, 0.2) is 53.9 Å². The first-order valence-corrected chi connectivity index (χ1v) is 5.95. The summed E-state index contributed by atoms with van der Waals surface area (Å²) in [6, 6.07) is 9.35. The average molecular weight is 272 g/mol. The first kappa shape index (κ1) is 13.7. The van der Waals surface area contributed by atoms with Crippen molar-refractivity contribution in [2.45, 2.75) is 0 Å². The van der Waals surface area contributed by atoms with E-state index in [9.17, 15) is 9.18 Å². The lowest BCUT2D eigenvalue weighted by atomic mass is 10.3. The maximum absolute atomic E-state index is 12.7. The fraction of sp³-hybridized carbons (Fsp3) is 0.0714. The Morgan fingerprint density at radius 1 is 1.30 bits per heavy atom. The van der Waals surface area contributed by atoms with Gasteiger partial charge in [-0.2, -0.15) is 5.10 Å². The van der Waals surface area contributed by atoms with Crippen molar-refractivity contribution in [1.82, 2.24) is 10.4 Å². The van der Waals surface area contributed by atoms with Crippen LogP contribution in [-0.4, -0.2) is 23.7 Å². The fourth-order valence-electron chi connectivity index (χ4n) is 1.42. The standard InChI is InChI=1S/C14H13FN4O/c15-12-3-5-13(6-4-12)17-10-14(20)19-18-9-11-2-1-7-16-8-11/h1-9,17H,10H2,(H,19,20)/b18-9+. The van der Waals surface area contributed by atoms with Crippen molar-refractivity contribution in [1.29, 1.82) is 0 Å². The molecule has 0 aliphatic rings. The summed E-state index contributed by atoms with van der Waals surface area (Å²) in [5, 5.41) is 6.66. The van der Waals surface area contributed by atoms with Crippen molar-refractivity contribution in [3.05, 3.63) is 60.2 Å². The molecule has 1 heterocycles. The van der Waals surface area contributed by atoms with Crippen molar-refractivity contribution in [2.24, 2.45) is 5.10 Å². The Morgan fingerprint density at radius 2 is 2.10 bits per heavy atom. The van der Waals surface area contributed by atoms with E-state index in [0.29, 0.717) is 5.69 Å². The SMILES string of the molecule is O=C(CNc1ccc(F)cc1)N/N=C/c1cccnc1. The van der Waals surface area contributed by atoms with Crippen molar-refractivity contribution < 1.29 is 9.18 Å². The van der Waals surface area contributed by atoms with Crippen LogP contribution in [0, 0.1) is 5.82 Å². The first-order valence-electron chi connectivity index (χ1n) is 5.95. The van der Waals surface area contributed by atoms with Gasteiger partial charge in [-0.3, -0.25) is 9.78 Å². The molecule has 0 atom stereocenters. The molecule has 0 fully saturated rings. The van der Waals surface area contributed by atoms with Crippen molar-refractivity contribution in [2.75, 3.05) is 11.9 Å². The van der Waals surface area contributed by atoms with Crippen molar-refractivity contribution >= 4 is 17.8 Å². The van der Waals surface area contributed by atoms with Gasteiger partial charge >= 0.3 is 0 Å². The summed E-state index contributed by atoms with van der Waals surface area (Å²) >= 11 is 0. The number of carbonyl (C=O) groups excluding carboxylic acids is 1. The number of nitrogens with one attached hydrogen (secondary N) is 2. The van der Waals surface area contributed by atoms with Crippen LogP contribution in [0.3, 0.4) is 0 Å². The smallest absolute Gasteiger partial charge is 0.259 e. The molecule has 6 heteroatoms. The van der Waals surface area contributed by atoms with Gasteiger partial charge in [-0.25, -0.2) is 9.82 Å². The van der Waals surface area contributed by atoms with Crippen LogP contribution in [0.2, 0.25) is 0 Å². The predicted octanol–water partition coefficient (Wildman–Crippen LogP) is 1.78. The highest BCUT2D eigenvalue weighted by Gasteiger charge is 1.99. The van der Waals surface area contributed by atoms with Gasteiger partial charge in [-0.15, -0.1) is 0 Å². The molecule has 0 aliphatic heterocycles. The molecule has 0 radical (unpaired) electrons. The lowest BCUT2D eigenvalue weighted by Crippen LogP contribution is -2.25. The minimum atomic E-state index is -0.318. The summed E-state index contributed by atoms with van der Waals surface area (Å²) in [6.45, 7) is 0.0516. The van der Waals surface area contributed by atoms with E-state index in [2.05, 4.69) is 20.8 Å². The number of rotatable bonds is 5. The molecule has 102 valence electrons. The molecule has 0 unspecified atom stereocenters. The number of aromatic nitrogens is 1. The van der Waals surface area contributed by atoms with E-state index in [-0.39, 0.29) is 18.3 Å². The molecule has 0 saturated carbocycles. The third-order valence-electron chi connectivity index (χ3n) is 2.38. The monoisotopic (exact) mass is 272 g/mol. The molecule has 0 spiro atoms. The molecule has 5 nitrogen and oxygen atoms in total. The number of halogens is 1. The first-order chi connectivity index (χ1) is 9.74. The third kappa shape index (κ3) is 4.49. The van der Waals surface area contributed by atoms with Gasteiger partial charge in [0.15, 0.2) is 0 Å². The zero-order valence-electron chi connectivity index (χ0n) is 10.6. The Bertz CT molecular complexity index is 584. The summed E-state index contributed by atoms with van der Waals surface area (Å²) in [4.78, 5) is 15.4. The molecule has 20 heavy (non-hydrogen) atoms. The number of hydrogen-bond acceptors (Lipinski definition) is 4. The van der Waals surface area contributed by atoms with Crippen molar-refractivity contribution in [3.63, 3.8) is 0 Å². The van der Waals surface area contributed by atoms with Gasteiger partial charge in [-0.05, 0) is 30.3 Å². The van der Waals surface area contributed by atoms with E-state index in [1.165, 1.54) is 18.3 Å². The molecule has 1 amide bonds. The molecular formula is C14H13FN4O. The Labute approximate surface area is 115 Å². The van der Waals surface area contributed by atoms with Crippen LogP contribution in [0.4, 0.5) is 10.1 Å². The van der Waals surface area contributed by atoms with Crippen LogP contribution in [0.5, 0.6) is 0 Å². The van der Waals surface area contributed by atoms with Gasteiger partial charge in [0.2, 0.25) is 0 Å². The molecule has 1 aromatic heterocycles. The molecule has 0 bridgehead atoms. The van der Waals surface area contributed by atoms with E-state index >= 15 is 0 Å². The molecule has 1 aromatic carbocycles. The molecule has 2 aromatic rings. The van der Waals surface area contributed by atoms with Gasteiger partial charge in [0.25, 0.3) is 5.91 Å². The summed E-state index contributed by atoms with van der Waals surface area (Å²) in [5.41, 5.74) is 3.83. The van der Waals surface area contributed by atoms with Gasteiger partial charge in [-0.1, -0.05) is 6.07 Å². The van der Waals surface area contributed by atoms with Crippen molar-refractivity contribution in [3.8, 4) is 0 Å². The second kappa shape index (κ2) is 6.98. The Hall–Kier alpha value is -2.76. The normalized spacial score (nSPS) is 10.4. The number of carbonyl (C=O) groups is 1. The Balaban J connectivity index is 1.76. The number of nitrogens with zero attached hydrogens (tertiary/aromatic N) is 2. The Kier molecular flexibility index (Phi) is 4.77. The van der Waals surface area contributed by atoms with E-state index in [0.717, 1.165) is 5.56 Å². The highest BCUT2D eigenvalue weighted by Crippen LogP contribution is 2.07. The topological polar surface area (TPSA) is 66.4 Å². The number of hydrogen-bond donors (Lipinski definition) is 2. The fourth-order valence-corrected chi connectivity index (χ4v) is 1.42. The lowest BCUT2D eigenvalue weighted by molar-refractivity contribution is -0.119. The maximum Gasteiger partial charge on any atom is 0.259 e. The zero-order valence-corrected chi connectivity index (χ0v) is 10.6. The summed E-state index contributed by atoms with van der Waals surface area (Å²) in [5.74, 6) is -0.615. The molecular weight excluding hydrogens is 259 g/mol. The zero-order chi connectivity index (χ0) is 14.2. The summed E-state index contributed by atoms with van der Waals surface area (Å²) in [6.07, 6.45) is 4.79. The highest BCUT2D eigenvalue weighted by molar-refractivity contribution is 5.84. The van der Waals surface area contributed by atoms with Gasteiger partial charge in [0.1, 0.15) is 5.82 Å². The third-order valence-corrected chi connectivity index (χ3v) is 2.38. The molecule has 2 N–H and O–H groups in total. The van der Waals surface area contributed by atoms with Crippen LogP contribution in [-0.2, 0) is 4.79 Å². The molecule has 0 aliphatic carbocycles. The number of hydrazone groups is 1. The molecule has 2 rings (SSSR count). The van der Waals surface area contributed by atoms with E-state index in [4.69, 9.17) is 0 Å². The van der Waals surface area contributed by atoms with E-state index < -0.39 is 0 Å². The largest absolute Gasteiger partial charge is 0.376 e. The Morgan fingerprint density at radius 3 is 2.80 bits per heavy atom. The van der Waals surface area contributed by atoms with Crippen LogP contribution < -0.4 is 10.7 Å². The lowest BCUT2D eigenvalue weighted by Gasteiger charge is -2.04. The minimum Gasteiger partial charge on any atom is -0.376 e. The van der Waals surface area contributed by atoms with E-state index in [1.807, 2.05) is 6.07 Å². The minimum absolute atomic E-state index is 0.0516. The number of amides is 1.